The van der Waals surface area contributed by atoms with Crippen LogP contribution in [0.4, 0.5) is 33.5 Å². The van der Waals surface area contributed by atoms with Gasteiger partial charge in [-0.3, -0.25) is 4.40 Å². The van der Waals surface area contributed by atoms with E-state index in [1.165, 1.54) is 22.9 Å². The molecule has 2 heterocycles. The molecule has 4 aromatic rings. The Bertz CT molecular complexity index is 1190. The molecule has 0 aliphatic carbocycles. The van der Waals surface area contributed by atoms with Gasteiger partial charge >= 0.3 is 6.18 Å². The van der Waals surface area contributed by atoms with Gasteiger partial charge in [-0.15, -0.1) is 0 Å². The number of imidazole rings is 1. The summed E-state index contributed by atoms with van der Waals surface area (Å²) in [4.78, 5) is 8.30. The van der Waals surface area contributed by atoms with E-state index in [-0.39, 0.29) is 33.2 Å². The standard InChI is InChI=1S/C17H8ClF5N4/c18-8-5-12(20)14-13(6-8)26-15(16-24-3-4-27(14)16)25-9-1-2-10(11(19)7-9)17(21,22)23/h1-7H,(H,25,26). The normalized spacial score (nSPS) is 12.1. The van der Waals surface area contributed by atoms with Crippen LogP contribution in [0.1, 0.15) is 5.56 Å². The molecular formula is C17H8ClF5N4. The number of benzene rings is 2. The predicted octanol–water partition coefficient (Wildman–Crippen LogP) is 5.58. The van der Waals surface area contributed by atoms with Crippen LogP contribution in [-0.2, 0) is 6.18 Å². The first kappa shape index (κ1) is 17.5. The monoisotopic (exact) mass is 398 g/mol. The molecule has 0 unspecified atom stereocenters. The van der Waals surface area contributed by atoms with Crippen molar-refractivity contribution < 1.29 is 22.0 Å². The lowest BCUT2D eigenvalue weighted by Gasteiger charge is -2.12. The van der Waals surface area contributed by atoms with Crippen LogP contribution in [0.2, 0.25) is 5.02 Å². The highest BCUT2D eigenvalue weighted by Gasteiger charge is 2.34. The number of hydrogen-bond acceptors (Lipinski definition) is 3. The van der Waals surface area contributed by atoms with Crippen molar-refractivity contribution >= 4 is 39.8 Å². The summed E-state index contributed by atoms with van der Waals surface area (Å²) in [6, 6.07) is 4.95. The molecule has 0 saturated carbocycles. The van der Waals surface area contributed by atoms with Gasteiger partial charge in [0.15, 0.2) is 17.3 Å². The highest BCUT2D eigenvalue weighted by molar-refractivity contribution is 6.31. The third-order valence-corrected chi connectivity index (χ3v) is 4.09. The molecule has 0 aliphatic heterocycles. The predicted molar refractivity (Wildman–Crippen MR) is 90.1 cm³/mol. The average Bonchev–Trinajstić information content (AvgIpc) is 3.02. The molecule has 2 aromatic heterocycles. The summed E-state index contributed by atoms with van der Waals surface area (Å²) < 4.78 is 67.5. The number of nitrogens with one attached hydrogen (secondary N) is 1. The van der Waals surface area contributed by atoms with Gasteiger partial charge in [0.1, 0.15) is 11.3 Å². The molecule has 0 atom stereocenters. The zero-order chi connectivity index (χ0) is 19.3. The molecule has 1 N–H and O–H groups in total. The average molecular weight is 399 g/mol. The Kier molecular flexibility index (Phi) is 3.92. The minimum absolute atomic E-state index is 0.0275. The van der Waals surface area contributed by atoms with E-state index in [0.717, 1.165) is 12.1 Å². The first-order valence-electron chi connectivity index (χ1n) is 7.49. The van der Waals surface area contributed by atoms with Gasteiger partial charge in [0.05, 0.1) is 11.1 Å². The summed E-state index contributed by atoms with van der Waals surface area (Å²) in [6.07, 6.45) is -1.90. The zero-order valence-electron chi connectivity index (χ0n) is 13.2. The van der Waals surface area contributed by atoms with E-state index in [0.29, 0.717) is 12.1 Å². The smallest absolute Gasteiger partial charge is 0.337 e. The topological polar surface area (TPSA) is 42.2 Å². The van der Waals surface area contributed by atoms with E-state index in [2.05, 4.69) is 15.3 Å². The Labute approximate surface area is 153 Å². The maximum absolute atomic E-state index is 14.3. The number of alkyl halides is 3. The van der Waals surface area contributed by atoms with Crippen molar-refractivity contribution in [1.82, 2.24) is 14.4 Å². The van der Waals surface area contributed by atoms with Crippen molar-refractivity contribution in [1.29, 1.82) is 0 Å². The second-order valence-electron chi connectivity index (χ2n) is 5.65. The lowest BCUT2D eigenvalue weighted by Crippen LogP contribution is -2.08. The van der Waals surface area contributed by atoms with E-state index >= 15 is 0 Å². The molecular weight excluding hydrogens is 391 g/mol. The highest BCUT2D eigenvalue weighted by Crippen LogP contribution is 2.33. The number of anilines is 2. The molecule has 4 rings (SSSR count). The molecule has 0 saturated heterocycles. The molecule has 0 fully saturated rings. The molecule has 0 aliphatic rings. The summed E-state index contributed by atoms with van der Waals surface area (Å²) in [7, 11) is 0. The number of nitrogens with zero attached hydrogens (tertiary/aromatic N) is 3. The van der Waals surface area contributed by atoms with Crippen LogP contribution in [0.3, 0.4) is 0 Å². The summed E-state index contributed by atoms with van der Waals surface area (Å²) in [6.45, 7) is 0. The van der Waals surface area contributed by atoms with E-state index in [1.807, 2.05) is 0 Å². The fourth-order valence-electron chi connectivity index (χ4n) is 2.75. The second-order valence-corrected chi connectivity index (χ2v) is 6.09. The van der Waals surface area contributed by atoms with Gasteiger partial charge in [0, 0.05) is 23.1 Å². The van der Waals surface area contributed by atoms with Gasteiger partial charge in [0.2, 0.25) is 0 Å². The Hall–Kier alpha value is -2.94. The molecule has 10 heteroatoms. The molecule has 0 bridgehead atoms. The van der Waals surface area contributed by atoms with Gasteiger partial charge < -0.3 is 5.32 Å². The van der Waals surface area contributed by atoms with Crippen LogP contribution in [0.15, 0.2) is 42.7 Å². The fourth-order valence-corrected chi connectivity index (χ4v) is 2.95. The van der Waals surface area contributed by atoms with Crippen molar-refractivity contribution in [3.8, 4) is 0 Å². The maximum atomic E-state index is 14.3. The molecule has 27 heavy (non-hydrogen) atoms. The van der Waals surface area contributed by atoms with Gasteiger partial charge in [-0.1, -0.05) is 11.6 Å². The Balaban J connectivity index is 1.84. The van der Waals surface area contributed by atoms with Crippen LogP contribution in [0, 0.1) is 11.6 Å². The van der Waals surface area contributed by atoms with Crippen LogP contribution in [-0.4, -0.2) is 14.4 Å². The maximum Gasteiger partial charge on any atom is 0.419 e. The SMILES string of the molecule is Fc1cc(Nc2nc3cc(Cl)cc(F)c3n3ccnc23)ccc1C(F)(F)F. The van der Waals surface area contributed by atoms with Gasteiger partial charge in [0.25, 0.3) is 0 Å². The van der Waals surface area contributed by atoms with Crippen molar-refractivity contribution in [2.75, 3.05) is 5.32 Å². The van der Waals surface area contributed by atoms with Crippen molar-refractivity contribution in [2.24, 2.45) is 0 Å². The van der Waals surface area contributed by atoms with Gasteiger partial charge in [-0.2, -0.15) is 13.2 Å². The van der Waals surface area contributed by atoms with Crippen LogP contribution >= 0.6 is 11.6 Å². The fraction of sp³-hybridized carbons (Fsp3) is 0.0588. The molecule has 0 radical (unpaired) electrons. The largest absolute Gasteiger partial charge is 0.419 e. The third-order valence-electron chi connectivity index (χ3n) is 3.87. The molecule has 0 amide bonds. The highest BCUT2D eigenvalue weighted by atomic mass is 35.5. The zero-order valence-corrected chi connectivity index (χ0v) is 13.9. The molecule has 0 spiro atoms. The number of fused-ring (bicyclic) bond motifs is 3. The first-order valence-corrected chi connectivity index (χ1v) is 7.87. The Morgan fingerprint density at radius 2 is 1.81 bits per heavy atom. The number of rotatable bonds is 2. The summed E-state index contributed by atoms with van der Waals surface area (Å²) in [5, 5.41) is 2.84. The number of halogens is 6. The number of aromatic nitrogens is 3. The van der Waals surface area contributed by atoms with Crippen molar-refractivity contribution in [3.05, 3.63) is 64.9 Å². The minimum Gasteiger partial charge on any atom is -0.337 e. The lowest BCUT2D eigenvalue weighted by atomic mass is 10.2. The van der Waals surface area contributed by atoms with Gasteiger partial charge in [-0.05, 0) is 30.3 Å². The van der Waals surface area contributed by atoms with Crippen LogP contribution in [0.5, 0.6) is 0 Å². The Morgan fingerprint density at radius 3 is 2.52 bits per heavy atom. The van der Waals surface area contributed by atoms with Crippen LogP contribution < -0.4 is 5.32 Å². The van der Waals surface area contributed by atoms with E-state index < -0.39 is 23.4 Å². The van der Waals surface area contributed by atoms with E-state index in [4.69, 9.17) is 11.6 Å². The van der Waals surface area contributed by atoms with Crippen molar-refractivity contribution in [2.45, 2.75) is 6.18 Å². The van der Waals surface area contributed by atoms with E-state index in [9.17, 15) is 22.0 Å². The molecule has 4 nitrogen and oxygen atoms in total. The second kappa shape index (κ2) is 6.05. The number of hydrogen-bond donors (Lipinski definition) is 1. The molecule has 2 aromatic carbocycles. The Morgan fingerprint density at radius 1 is 1.04 bits per heavy atom. The first-order chi connectivity index (χ1) is 12.7. The van der Waals surface area contributed by atoms with E-state index in [1.54, 1.807) is 0 Å². The summed E-state index contributed by atoms with van der Waals surface area (Å²) in [5.41, 5.74) is -0.806. The van der Waals surface area contributed by atoms with Crippen LogP contribution in [0.25, 0.3) is 16.7 Å². The summed E-state index contributed by atoms with van der Waals surface area (Å²) in [5.74, 6) is -1.94. The quantitative estimate of drug-likeness (QED) is 0.448. The van der Waals surface area contributed by atoms with Crippen molar-refractivity contribution in [3.63, 3.8) is 0 Å². The third kappa shape index (κ3) is 3.03. The van der Waals surface area contributed by atoms with Gasteiger partial charge in [-0.25, -0.2) is 18.7 Å². The minimum atomic E-state index is -4.80. The summed E-state index contributed by atoms with van der Waals surface area (Å²) >= 11 is 5.86. The lowest BCUT2D eigenvalue weighted by molar-refractivity contribution is -0.139. The molecule has 138 valence electrons.